The number of fused-ring (bicyclic) bond motifs is 7. The Morgan fingerprint density at radius 2 is 0.841 bits per heavy atom. The molecular weight excluding hydrogens is 834 g/mol. The number of rotatable bonds is 3. The molecule has 2 unspecified atom stereocenters. The third-order valence-corrected chi connectivity index (χ3v) is 18.4. The topological polar surface area (TPSA) is 9.72 Å². The van der Waals surface area contributed by atoms with Crippen molar-refractivity contribution < 1.29 is 0 Å². The normalized spacial score (nSPS) is 21.4. The van der Waals surface area contributed by atoms with Crippen molar-refractivity contribution in [1.82, 2.24) is 0 Å². The lowest BCUT2D eigenvalue weighted by Gasteiger charge is -2.65. The Balaban J connectivity index is 1.28. The van der Waals surface area contributed by atoms with E-state index in [-0.39, 0.29) is 50.2 Å². The molecule has 69 heavy (non-hydrogen) atoms. The van der Waals surface area contributed by atoms with Crippen LogP contribution in [0.15, 0.2) is 115 Å². The van der Waals surface area contributed by atoms with E-state index in [0.29, 0.717) is 0 Å². The van der Waals surface area contributed by atoms with E-state index in [0.717, 1.165) is 0 Å². The zero-order valence-corrected chi connectivity index (χ0v) is 45.8. The molecule has 1 aliphatic carbocycles. The van der Waals surface area contributed by atoms with Crippen molar-refractivity contribution in [3.63, 3.8) is 0 Å². The predicted molar refractivity (Wildman–Crippen MR) is 301 cm³/mol. The van der Waals surface area contributed by atoms with Gasteiger partial charge in [0, 0.05) is 50.9 Å². The molecule has 0 aromatic heterocycles. The molecule has 0 amide bonds. The van der Waals surface area contributed by atoms with E-state index in [2.05, 4.69) is 262 Å². The number of anilines is 8. The molecule has 4 heteroatoms. The van der Waals surface area contributed by atoms with Crippen LogP contribution in [0.2, 0.25) is 0 Å². The summed E-state index contributed by atoms with van der Waals surface area (Å²) in [7, 11) is 0. The summed E-state index contributed by atoms with van der Waals surface area (Å²) in [5.74, 6) is 0. The third-order valence-electron chi connectivity index (χ3n) is 18.4. The number of nitrogens with zero attached hydrogens (tertiary/aromatic N) is 3. The Labute approximate surface area is 417 Å². The zero-order chi connectivity index (χ0) is 50.0. The minimum absolute atomic E-state index is 0.00931. The summed E-state index contributed by atoms with van der Waals surface area (Å²) < 4.78 is 0. The Hall–Kier alpha value is -5.22. The van der Waals surface area contributed by atoms with Crippen LogP contribution in [0.3, 0.4) is 0 Å². The molecule has 3 aliphatic heterocycles. The van der Waals surface area contributed by atoms with Crippen molar-refractivity contribution in [3.8, 4) is 0 Å². The highest BCUT2D eigenvalue weighted by molar-refractivity contribution is 7.00. The number of benzene rings is 6. The first kappa shape index (κ1) is 47.5. The van der Waals surface area contributed by atoms with Crippen molar-refractivity contribution in [1.29, 1.82) is 0 Å². The highest BCUT2D eigenvalue weighted by Crippen LogP contribution is 2.71. The summed E-state index contributed by atoms with van der Waals surface area (Å²) in [4.78, 5) is 8.02. The van der Waals surface area contributed by atoms with E-state index in [9.17, 15) is 0 Å². The van der Waals surface area contributed by atoms with Crippen LogP contribution < -0.4 is 31.1 Å². The van der Waals surface area contributed by atoms with Gasteiger partial charge in [-0.05, 0) is 170 Å². The number of aryl methyl sites for hydroxylation is 1. The predicted octanol–water partition coefficient (Wildman–Crippen LogP) is 16.3. The molecule has 1 fully saturated rings. The smallest absolute Gasteiger partial charge is 0.252 e. The molecule has 0 saturated heterocycles. The average molecular weight is 914 g/mol. The molecule has 3 heterocycles. The van der Waals surface area contributed by atoms with E-state index in [1.165, 1.54) is 108 Å². The van der Waals surface area contributed by atoms with Crippen LogP contribution in [-0.2, 0) is 27.1 Å². The molecule has 4 aliphatic rings. The van der Waals surface area contributed by atoms with Crippen LogP contribution in [0.5, 0.6) is 0 Å². The molecule has 358 valence electrons. The molecule has 0 radical (unpaired) electrons. The number of hydrogen-bond acceptors (Lipinski definition) is 3. The lowest BCUT2D eigenvalue weighted by atomic mass is 9.33. The van der Waals surface area contributed by atoms with Gasteiger partial charge in [0.2, 0.25) is 0 Å². The molecule has 0 N–H and O–H groups in total. The summed E-state index contributed by atoms with van der Waals surface area (Å²) in [5, 5.41) is 0. The van der Waals surface area contributed by atoms with Gasteiger partial charge in [-0.2, -0.15) is 0 Å². The van der Waals surface area contributed by atoms with Crippen LogP contribution in [-0.4, -0.2) is 12.3 Å². The van der Waals surface area contributed by atoms with Gasteiger partial charge >= 0.3 is 0 Å². The van der Waals surface area contributed by atoms with Gasteiger partial charge in [-0.1, -0.05) is 172 Å². The highest BCUT2D eigenvalue weighted by atomic mass is 15.3. The second kappa shape index (κ2) is 14.9. The van der Waals surface area contributed by atoms with Crippen LogP contribution >= 0.6 is 0 Å². The van der Waals surface area contributed by atoms with E-state index in [1.54, 1.807) is 0 Å². The Morgan fingerprint density at radius 1 is 0.406 bits per heavy atom. The molecule has 0 spiro atoms. The minimum atomic E-state index is -0.230. The monoisotopic (exact) mass is 914 g/mol. The summed E-state index contributed by atoms with van der Waals surface area (Å²) >= 11 is 0. The second-order valence-electron chi connectivity index (χ2n) is 27.5. The molecule has 0 bridgehead atoms. The van der Waals surface area contributed by atoms with Crippen LogP contribution in [0.1, 0.15) is 171 Å². The maximum absolute atomic E-state index is 2.82. The standard InChI is InChI=1S/C65H80BN3/c1-41-36-55-57-56(37-41)68(47-28-22-43(23-29-47)59(5,6)7)54-40-48(69-52-32-24-44(60(8,9)10)38-49(52)64(18)62(14,15)34-35-63(16,17)65(64,69)19)30-31-50(54)66(57)51-39-45(61(11,12)13)25-33-53(51)67(55)46-26-20-42(21-27-46)58(2,3)4/h20-33,36-40H,34-35H2,1-19H3. The first-order valence-electron chi connectivity index (χ1n) is 26.1. The summed E-state index contributed by atoms with van der Waals surface area (Å²) in [5.41, 5.74) is 22.2. The van der Waals surface area contributed by atoms with Crippen LogP contribution in [0.25, 0.3) is 0 Å². The second-order valence-corrected chi connectivity index (χ2v) is 27.5. The third kappa shape index (κ3) is 6.87. The van der Waals surface area contributed by atoms with E-state index >= 15 is 0 Å². The quantitative estimate of drug-likeness (QED) is 0.164. The van der Waals surface area contributed by atoms with Gasteiger partial charge in [0.25, 0.3) is 6.71 Å². The van der Waals surface area contributed by atoms with Crippen LogP contribution in [0, 0.1) is 17.8 Å². The van der Waals surface area contributed by atoms with Gasteiger partial charge in [0.15, 0.2) is 0 Å². The minimum Gasteiger partial charge on any atom is -0.334 e. The molecule has 6 aromatic rings. The van der Waals surface area contributed by atoms with Crippen molar-refractivity contribution >= 4 is 68.6 Å². The summed E-state index contributed by atoms with van der Waals surface area (Å²) in [6, 6.07) is 46.3. The molecule has 2 atom stereocenters. The maximum Gasteiger partial charge on any atom is 0.252 e. The van der Waals surface area contributed by atoms with Gasteiger partial charge in [0.1, 0.15) is 0 Å². The first-order valence-corrected chi connectivity index (χ1v) is 26.1. The van der Waals surface area contributed by atoms with E-state index < -0.39 is 0 Å². The lowest BCUT2D eigenvalue weighted by Crippen LogP contribution is -2.69. The van der Waals surface area contributed by atoms with Gasteiger partial charge in [-0.3, -0.25) is 0 Å². The van der Waals surface area contributed by atoms with Crippen molar-refractivity contribution in [3.05, 3.63) is 149 Å². The fraction of sp³-hybridized carbons (Fsp3) is 0.446. The highest BCUT2D eigenvalue weighted by Gasteiger charge is 2.70. The summed E-state index contributed by atoms with van der Waals surface area (Å²) in [6.45, 7) is 45.8. The summed E-state index contributed by atoms with van der Waals surface area (Å²) in [6.07, 6.45) is 2.36. The maximum atomic E-state index is 2.82. The van der Waals surface area contributed by atoms with Gasteiger partial charge in [-0.25, -0.2) is 0 Å². The fourth-order valence-corrected chi connectivity index (χ4v) is 13.3. The van der Waals surface area contributed by atoms with E-state index in [1.807, 2.05) is 0 Å². The Bertz CT molecular complexity index is 3030. The molecule has 3 nitrogen and oxygen atoms in total. The lowest BCUT2D eigenvalue weighted by molar-refractivity contribution is -0.0415. The zero-order valence-electron chi connectivity index (χ0n) is 45.8. The average Bonchev–Trinajstić information content (AvgIpc) is 3.48. The van der Waals surface area contributed by atoms with Gasteiger partial charge in [-0.15, -0.1) is 0 Å². The Kier molecular flexibility index (Phi) is 10.3. The van der Waals surface area contributed by atoms with E-state index in [4.69, 9.17) is 0 Å². The van der Waals surface area contributed by atoms with Gasteiger partial charge in [0.05, 0.1) is 5.54 Å². The SMILES string of the molecule is Cc1cc2c3c(c1)N(c1ccc(C(C)(C)C)cc1)c1cc(N4c5ccc(C(C)(C)C)cc5C5(C)C(C)(C)CCC(C)(C)C45C)ccc1B3c1cc(C(C)(C)C)ccc1N2c1ccc(C(C)(C)C)cc1. The molecule has 6 aromatic carbocycles. The first-order chi connectivity index (χ1) is 31.9. The molecule has 1 saturated carbocycles. The number of hydrogen-bond donors (Lipinski definition) is 0. The molecular formula is C65H80BN3. The largest absolute Gasteiger partial charge is 0.334 e. The van der Waals surface area contributed by atoms with Gasteiger partial charge < -0.3 is 14.7 Å². The Morgan fingerprint density at radius 3 is 1.35 bits per heavy atom. The van der Waals surface area contributed by atoms with Crippen molar-refractivity contribution in [2.45, 2.75) is 177 Å². The van der Waals surface area contributed by atoms with Crippen LogP contribution in [0.4, 0.5) is 45.5 Å². The van der Waals surface area contributed by atoms with Crippen molar-refractivity contribution in [2.75, 3.05) is 14.7 Å². The van der Waals surface area contributed by atoms with Crippen molar-refractivity contribution in [2.24, 2.45) is 10.8 Å². The fourth-order valence-electron chi connectivity index (χ4n) is 13.3. The molecule has 10 rings (SSSR count).